The number of hydrogen-bond acceptors (Lipinski definition) is 1. The fourth-order valence-corrected chi connectivity index (χ4v) is 6.27. The number of aryl methyl sites for hydroxylation is 2. The first-order chi connectivity index (χ1) is 22.4. The van der Waals surface area contributed by atoms with Gasteiger partial charge in [0.25, 0.3) is 0 Å². The lowest BCUT2D eigenvalue weighted by Crippen LogP contribution is -2.00. The van der Waals surface area contributed by atoms with Gasteiger partial charge in [-0.1, -0.05) is 130 Å². The van der Waals surface area contributed by atoms with Gasteiger partial charge in [0.05, 0.1) is 0 Å². The maximum atomic E-state index is 6.17. The van der Waals surface area contributed by atoms with Gasteiger partial charge in [-0.25, -0.2) is 0 Å². The first-order valence-corrected chi connectivity index (χ1v) is 16.7. The van der Waals surface area contributed by atoms with E-state index in [0.29, 0.717) is 5.92 Å². The molecule has 5 aromatic carbocycles. The fraction of sp³-hybridized carbons (Fsp3) is 0.200. The van der Waals surface area contributed by atoms with E-state index in [4.69, 9.17) is 4.42 Å². The molecule has 0 bridgehead atoms. The molecule has 46 heavy (non-hydrogen) atoms. The van der Waals surface area contributed by atoms with Crippen molar-refractivity contribution in [1.29, 1.82) is 0 Å². The highest BCUT2D eigenvalue weighted by Crippen LogP contribution is 2.36. The van der Waals surface area contributed by atoms with Gasteiger partial charge in [-0.15, -0.1) is 0 Å². The summed E-state index contributed by atoms with van der Waals surface area (Å²) in [7, 11) is 0. The number of fused-ring (bicyclic) bond motifs is 1. The van der Waals surface area contributed by atoms with Crippen molar-refractivity contribution >= 4 is 34.3 Å². The highest BCUT2D eigenvalue weighted by atomic mass is 16.3. The lowest BCUT2D eigenvalue weighted by molar-refractivity contribution is 0.631. The number of rotatable bonds is 10. The Bertz CT molecular complexity index is 1980. The largest absolute Gasteiger partial charge is 0.456 e. The van der Waals surface area contributed by atoms with E-state index in [1.54, 1.807) is 0 Å². The van der Waals surface area contributed by atoms with Crippen LogP contribution in [-0.2, 0) is 6.42 Å². The van der Waals surface area contributed by atoms with Gasteiger partial charge in [-0.05, 0) is 119 Å². The minimum Gasteiger partial charge on any atom is -0.456 e. The summed E-state index contributed by atoms with van der Waals surface area (Å²) in [4.78, 5) is 0. The van der Waals surface area contributed by atoms with Gasteiger partial charge in [0.1, 0.15) is 11.3 Å². The zero-order valence-corrected chi connectivity index (χ0v) is 27.8. The second-order valence-corrected chi connectivity index (χ2v) is 12.6. The molecule has 0 aliphatic heterocycles. The van der Waals surface area contributed by atoms with Crippen molar-refractivity contribution in [2.24, 2.45) is 5.92 Å². The molecule has 0 saturated carbocycles. The van der Waals surface area contributed by atoms with E-state index in [-0.39, 0.29) is 0 Å². The second-order valence-electron chi connectivity index (χ2n) is 12.6. The summed E-state index contributed by atoms with van der Waals surface area (Å²) in [5.41, 5.74) is 14.9. The van der Waals surface area contributed by atoms with Gasteiger partial charge in [-0.3, -0.25) is 0 Å². The van der Waals surface area contributed by atoms with Crippen molar-refractivity contribution in [3.05, 3.63) is 155 Å². The standard InChI is InChI=1S/C45H44O/c1-6-14-34-16-10-11-18-38(34)25-33(5)40-26-41(28-42(27-40)43(31(3)7-2)29-37-17-9-8-15-32(37)4)35-21-23-36(24-22-35)45-30-39-19-12-13-20-44(39)46-45/h8-13,15-31H,6-7,14H2,1-5H3/b33-25+,43-29+. The summed E-state index contributed by atoms with van der Waals surface area (Å²) >= 11 is 0. The van der Waals surface area contributed by atoms with Gasteiger partial charge < -0.3 is 4.42 Å². The first-order valence-electron chi connectivity index (χ1n) is 16.7. The summed E-state index contributed by atoms with van der Waals surface area (Å²) in [6, 6.07) is 43.8. The van der Waals surface area contributed by atoms with Crippen LogP contribution in [0.15, 0.2) is 126 Å². The molecule has 1 heteroatoms. The minimum atomic E-state index is 0.410. The molecule has 6 aromatic rings. The van der Waals surface area contributed by atoms with Crippen molar-refractivity contribution in [3.63, 3.8) is 0 Å². The lowest BCUT2D eigenvalue weighted by atomic mass is 9.86. The predicted octanol–water partition coefficient (Wildman–Crippen LogP) is 13.2. The smallest absolute Gasteiger partial charge is 0.135 e. The Labute approximate surface area is 275 Å². The number of benzene rings is 5. The van der Waals surface area contributed by atoms with Gasteiger partial charge in [-0.2, -0.15) is 0 Å². The average molecular weight is 601 g/mol. The summed E-state index contributed by atoms with van der Waals surface area (Å²) in [5, 5.41) is 1.12. The number of hydrogen-bond donors (Lipinski definition) is 0. The average Bonchev–Trinajstić information content (AvgIpc) is 3.53. The van der Waals surface area contributed by atoms with Crippen LogP contribution >= 0.6 is 0 Å². The molecule has 6 rings (SSSR count). The third-order valence-corrected chi connectivity index (χ3v) is 9.24. The van der Waals surface area contributed by atoms with E-state index >= 15 is 0 Å². The number of allylic oxidation sites excluding steroid dienone is 2. The zero-order valence-electron chi connectivity index (χ0n) is 27.8. The molecule has 1 heterocycles. The van der Waals surface area contributed by atoms with Crippen LogP contribution in [0.2, 0.25) is 0 Å². The highest BCUT2D eigenvalue weighted by Gasteiger charge is 2.15. The zero-order chi connectivity index (χ0) is 32.0. The maximum Gasteiger partial charge on any atom is 0.135 e. The normalized spacial score (nSPS) is 12.9. The van der Waals surface area contributed by atoms with Crippen LogP contribution in [0, 0.1) is 12.8 Å². The SMILES string of the molecule is CCCc1ccccc1/C=C(\C)c1cc(/C(=C/c2ccccc2C)C(C)CC)cc(-c2ccc(-c3cc4ccccc4o3)cc2)c1. The van der Waals surface area contributed by atoms with E-state index in [1.165, 1.54) is 55.7 Å². The van der Waals surface area contributed by atoms with Crippen LogP contribution in [0.4, 0.5) is 0 Å². The first kappa shape index (κ1) is 31.1. The Hall–Kier alpha value is -4.88. The molecular weight excluding hydrogens is 556 g/mol. The molecule has 1 aromatic heterocycles. The quantitative estimate of drug-likeness (QED) is 0.143. The molecule has 0 spiro atoms. The molecule has 0 fully saturated rings. The topological polar surface area (TPSA) is 13.1 Å². The lowest BCUT2D eigenvalue weighted by Gasteiger charge is -2.19. The molecule has 1 unspecified atom stereocenters. The molecule has 0 N–H and O–H groups in total. The molecule has 0 saturated heterocycles. The van der Waals surface area contributed by atoms with Crippen LogP contribution in [0.25, 0.3) is 56.7 Å². The van der Waals surface area contributed by atoms with Gasteiger partial charge in [0, 0.05) is 10.9 Å². The van der Waals surface area contributed by atoms with Gasteiger partial charge >= 0.3 is 0 Å². The third kappa shape index (κ3) is 6.85. The predicted molar refractivity (Wildman–Crippen MR) is 200 cm³/mol. The van der Waals surface area contributed by atoms with E-state index in [0.717, 1.165) is 41.6 Å². The molecule has 0 radical (unpaired) electrons. The minimum absolute atomic E-state index is 0.410. The summed E-state index contributed by atoms with van der Waals surface area (Å²) in [6.07, 6.45) is 8.07. The summed E-state index contributed by atoms with van der Waals surface area (Å²) in [6.45, 7) is 11.3. The van der Waals surface area contributed by atoms with Crippen molar-refractivity contribution in [2.75, 3.05) is 0 Å². The van der Waals surface area contributed by atoms with E-state index in [2.05, 4.69) is 156 Å². The number of furan rings is 1. The van der Waals surface area contributed by atoms with Crippen molar-refractivity contribution in [2.45, 2.75) is 53.9 Å². The maximum absolute atomic E-state index is 6.17. The summed E-state index contributed by atoms with van der Waals surface area (Å²) < 4.78 is 6.17. The molecule has 1 atom stereocenters. The monoisotopic (exact) mass is 600 g/mol. The van der Waals surface area contributed by atoms with Crippen LogP contribution in [0.1, 0.15) is 73.9 Å². The van der Waals surface area contributed by atoms with Crippen LogP contribution in [0.5, 0.6) is 0 Å². The molecule has 0 amide bonds. The molecular formula is C45H44O. The number of para-hydroxylation sites is 1. The van der Waals surface area contributed by atoms with E-state index < -0.39 is 0 Å². The fourth-order valence-electron chi connectivity index (χ4n) is 6.27. The Morgan fingerprint density at radius 1 is 0.674 bits per heavy atom. The van der Waals surface area contributed by atoms with E-state index in [9.17, 15) is 0 Å². The Morgan fingerprint density at radius 2 is 1.35 bits per heavy atom. The molecule has 1 nitrogen and oxygen atoms in total. The van der Waals surface area contributed by atoms with Crippen molar-refractivity contribution in [1.82, 2.24) is 0 Å². The van der Waals surface area contributed by atoms with Crippen LogP contribution < -0.4 is 0 Å². The van der Waals surface area contributed by atoms with Gasteiger partial charge in [0.15, 0.2) is 0 Å². The van der Waals surface area contributed by atoms with Crippen molar-refractivity contribution < 1.29 is 4.42 Å². The molecule has 0 aliphatic carbocycles. The summed E-state index contributed by atoms with van der Waals surface area (Å²) in [5.74, 6) is 1.31. The molecule has 0 aliphatic rings. The Morgan fingerprint density at radius 3 is 2.09 bits per heavy atom. The Kier molecular flexibility index (Phi) is 9.50. The van der Waals surface area contributed by atoms with Crippen molar-refractivity contribution in [3.8, 4) is 22.5 Å². The van der Waals surface area contributed by atoms with Gasteiger partial charge in [0.2, 0.25) is 0 Å². The van der Waals surface area contributed by atoms with Crippen LogP contribution in [-0.4, -0.2) is 0 Å². The van der Waals surface area contributed by atoms with E-state index in [1.807, 2.05) is 12.1 Å². The Balaban J connectivity index is 1.47. The highest BCUT2D eigenvalue weighted by molar-refractivity contribution is 5.90. The second kappa shape index (κ2) is 14.0. The third-order valence-electron chi connectivity index (χ3n) is 9.24. The van der Waals surface area contributed by atoms with Crippen LogP contribution in [0.3, 0.4) is 0 Å². The molecule has 230 valence electrons.